The van der Waals surface area contributed by atoms with E-state index in [0.717, 1.165) is 31.4 Å². The van der Waals surface area contributed by atoms with Crippen LogP contribution in [-0.4, -0.2) is 26.8 Å². The van der Waals surface area contributed by atoms with Crippen molar-refractivity contribution in [1.82, 2.24) is 5.32 Å². The van der Waals surface area contributed by atoms with Crippen LogP contribution in [0.3, 0.4) is 0 Å². The Hall–Kier alpha value is -0.930. The minimum atomic E-state index is -0.163. The van der Waals surface area contributed by atoms with E-state index in [-0.39, 0.29) is 5.82 Å². The lowest BCUT2D eigenvalue weighted by Crippen LogP contribution is -2.27. The molecule has 0 saturated carbocycles. The summed E-state index contributed by atoms with van der Waals surface area (Å²) in [6.45, 7) is 0.779. The maximum Gasteiger partial charge on any atom is 0.123 e. The van der Waals surface area contributed by atoms with Crippen LogP contribution in [0, 0.1) is 5.82 Å². The molecule has 1 atom stereocenters. The highest BCUT2D eigenvalue weighted by molar-refractivity contribution is 5.17. The molecule has 1 unspecified atom stereocenters. The second-order valence-corrected chi connectivity index (χ2v) is 3.95. The van der Waals surface area contributed by atoms with Gasteiger partial charge in [-0.15, -0.1) is 0 Å². The fraction of sp³-hybridized carbons (Fsp3) is 0.538. The summed E-state index contributed by atoms with van der Waals surface area (Å²) >= 11 is 0. The van der Waals surface area contributed by atoms with E-state index in [9.17, 15) is 4.39 Å². The van der Waals surface area contributed by atoms with Crippen LogP contribution in [0.15, 0.2) is 24.3 Å². The number of hydrogen-bond donors (Lipinski definition) is 1. The first kappa shape index (κ1) is 13.1. The number of hydrogen-bond acceptors (Lipinski definition) is 2. The Labute approximate surface area is 96.8 Å². The Morgan fingerprint density at radius 3 is 2.88 bits per heavy atom. The van der Waals surface area contributed by atoms with Crippen molar-refractivity contribution in [1.29, 1.82) is 0 Å². The van der Waals surface area contributed by atoms with Crippen molar-refractivity contribution in [2.75, 3.05) is 20.8 Å². The van der Waals surface area contributed by atoms with Gasteiger partial charge < -0.3 is 10.1 Å². The molecule has 1 N–H and O–H groups in total. The monoisotopic (exact) mass is 225 g/mol. The van der Waals surface area contributed by atoms with Crippen molar-refractivity contribution >= 4 is 0 Å². The lowest BCUT2D eigenvalue weighted by Gasteiger charge is -2.15. The van der Waals surface area contributed by atoms with Gasteiger partial charge in [0.25, 0.3) is 0 Å². The number of likely N-dealkylation sites (N-methyl/N-ethyl adjacent to an activating group) is 1. The predicted molar refractivity (Wildman–Crippen MR) is 64.1 cm³/mol. The number of benzene rings is 1. The quantitative estimate of drug-likeness (QED) is 0.719. The first-order valence-electron chi connectivity index (χ1n) is 5.67. The van der Waals surface area contributed by atoms with Crippen LogP contribution in [0.4, 0.5) is 4.39 Å². The lowest BCUT2D eigenvalue weighted by atomic mass is 10.0. The molecule has 0 aromatic heterocycles. The average molecular weight is 225 g/mol. The average Bonchev–Trinajstić information content (AvgIpc) is 2.28. The van der Waals surface area contributed by atoms with Crippen LogP contribution in [0.2, 0.25) is 0 Å². The molecule has 0 aliphatic carbocycles. The van der Waals surface area contributed by atoms with Gasteiger partial charge in [0.15, 0.2) is 0 Å². The maximum absolute atomic E-state index is 13.0. The van der Waals surface area contributed by atoms with Gasteiger partial charge in [-0.2, -0.15) is 0 Å². The summed E-state index contributed by atoms with van der Waals surface area (Å²) < 4.78 is 18.0. The number of nitrogens with one attached hydrogen (secondary N) is 1. The smallest absolute Gasteiger partial charge is 0.123 e. The molecule has 0 aliphatic heterocycles. The molecule has 0 spiro atoms. The van der Waals surface area contributed by atoms with E-state index < -0.39 is 0 Å². The van der Waals surface area contributed by atoms with Gasteiger partial charge in [-0.1, -0.05) is 12.1 Å². The van der Waals surface area contributed by atoms with Crippen molar-refractivity contribution in [3.05, 3.63) is 35.6 Å². The highest BCUT2D eigenvalue weighted by atomic mass is 19.1. The number of halogens is 1. The second kappa shape index (κ2) is 7.36. The minimum absolute atomic E-state index is 0.163. The topological polar surface area (TPSA) is 21.3 Å². The number of rotatable bonds is 7. The molecule has 0 fully saturated rings. The fourth-order valence-electron chi connectivity index (χ4n) is 1.77. The summed E-state index contributed by atoms with van der Waals surface area (Å²) in [6, 6.07) is 7.18. The van der Waals surface area contributed by atoms with E-state index in [0.29, 0.717) is 6.04 Å². The van der Waals surface area contributed by atoms with Crippen molar-refractivity contribution < 1.29 is 9.13 Å². The number of methoxy groups -OCH3 is 1. The van der Waals surface area contributed by atoms with E-state index in [2.05, 4.69) is 5.32 Å². The SMILES string of the molecule is CNC(CCCOC)Cc1cccc(F)c1. The molecule has 0 saturated heterocycles. The van der Waals surface area contributed by atoms with Crippen LogP contribution in [-0.2, 0) is 11.2 Å². The molecule has 3 heteroatoms. The van der Waals surface area contributed by atoms with Gasteiger partial charge in [-0.05, 0) is 44.0 Å². The van der Waals surface area contributed by atoms with Crippen molar-refractivity contribution in [3.63, 3.8) is 0 Å². The van der Waals surface area contributed by atoms with Gasteiger partial charge in [0.2, 0.25) is 0 Å². The van der Waals surface area contributed by atoms with Crippen LogP contribution in [0.5, 0.6) is 0 Å². The Morgan fingerprint density at radius 1 is 1.44 bits per heavy atom. The zero-order chi connectivity index (χ0) is 11.8. The van der Waals surface area contributed by atoms with Crippen LogP contribution >= 0.6 is 0 Å². The van der Waals surface area contributed by atoms with Crippen molar-refractivity contribution in [3.8, 4) is 0 Å². The third-order valence-electron chi connectivity index (χ3n) is 2.68. The Bertz CT molecular complexity index is 304. The van der Waals surface area contributed by atoms with Crippen molar-refractivity contribution in [2.24, 2.45) is 0 Å². The molecular weight excluding hydrogens is 205 g/mol. The van der Waals surface area contributed by atoms with Crippen LogP contribution in [0.1, 0.15) is 18.4 Å². The molecule has 0 heterocycles. The predicted octanol–water partition coefficient (Wildman–Crippen LogP) is 2.38. The summed E-state index contributed by atoms with van der Waals surface area (Å²) in [5.41, 5.74) is 1.04. The summed E-state index contributed by atoms with van der Waals surface area (Å²) in [4.78, 5) is 0. The summed E-state index contributed by atoms with van der Waals surface area (Å²) in [6.07, 6.45) is 2.93. The van der Waals surface area contributed by atoms with E-state index in [4.69, 9.17) is 4.74 Å². The van der Waals surface area contributed by atoms with Gasteiger partial charge in [-0.25, -0.2) is 4.39 Å². The first-order valence-corrected chi connectivity index (χ1v) is 5.67. The lowest BCUT2D eigenvalue weighted by molar-refractivity contribution is 0.189. The Kier molecular flexibility index (Phi) is 6.04. The Morgan fingerprint density at radius 2 is 2.25 bits per heavy atom. The van der Waals surface area contributed by atoms with Gasteiger partial charge in [-0.3, -0.25) is 0 Å². The third-order valence-corrected chi connectivity index (χ3v) is 2.68. The van der Waals surface area contributed by atoms with Gasteiger partial charge in [0.05, 0.1) is 0 Å². The molecule has 90 valence electrons. The molecule has 16 heavy (non-hydrogen) atoms. The van der Waals surface area contributed by atoms with Crippen LogP contribution < -0.4 is 5.32 Å². The van der Waals surface area contributed by atoms with Gasteiger partial charge >= 0.3 is 0 Å². The Balaban J connectivity index is 2.43. The fourth-order valence-corrected chi connectivity index (χ4v) is 1.77. The van der Waals surface area contributed by atoms with Gasteiger partial charge in [0, 0.05) is 19.8 Å². The van der Waals surface area contributed by atoms with E-state index in [1.807, 2.05) is 13.1 Å². The highest BCUT2D eigenvalue weighted by Gasteiger charge is 2.07. The molecule has 0 aliphatic rings. The summed E-state index contributed by atoms with van der Waals surface area (Å²) in [5, 5.41) is 3.25. The largest absolute Gasteiger partial charge is 0.385 e. The van der Waals surface area contributed by atoms with Gasteiger partial charge in [0.1, 0.15) is 5.82 Å². The standard InChI is InChI=1S/C13H20FNO/c1-15-13(7-4-8-16-2)10-11-5-3-6-12(14)9-11/h3,5-6,9,13,15H,4,7-8,10H2,1-2H3. The molecule has 0 radical (unpaired) electrons. The maximum atomic E-state index is 13.0. The molecule has 0 amide bonds. The zero-order valence-corrected chi connectivity index (χ0v) is 10.0. The molecule has 2 nitrogen and oxygen atoms in total. The van der Waals surface area contributed by atoms with E-state index in [1.165, 1.54) is 6.07 Å². The summed E-state index contributed by atoms with van der Waals surface area (Å²) in [5.74, 6) is -0.163. The normalized spacial score (nSPS) is 12.7. The van der Waals surface area contributed by atoms with E-state index >= 15 is 0 Å². The highest BCUT2D eigenvalue weighted by Crippen LogP contribution is 2.09. The molecule has 1 rings (SSSR count). The minimum Gasteiger partial charge on any atom is -0.385 e. The number of ether oxygens (including phenoxy) is 1. The first-order chi connectivity index (χ1) is 7.76. The second-order valence-electron chi connectivity index (χ2n) is 3.95. The zero-order valence-electron chi connectivity index (χ0n) is 10.0. The molecule has 1 aromatic rings. The third kappa shape index (κ3) is 4.73. The molecular formula is C13H20FNO. The summed E-state index contributed by atoms with van der Waals surface area (Å²) in [7, 11) is 3.65. The van der Waals surface area contributed by atoms with Crippen molar-refractivity contribution in [2.45, 2.75) is 25.3 Å². The molecule has 0 bridgehead atoms. The molecule has 1 aromatic carbocycles. The van der Waals surface area contributed by atoms with Crippen LogP contribution in [0.25, 0.3) is 0 Å². The van der Waals surface area contributed by atoms with E-state index in [1.54, 1.807) is 19.2 Å².